The molecule has 3 heterocycles. The summed E-state index contributed by atoms with van der Waals surface area (Å²) in [4.78, 5) is 14.6. The zero-order valence-electron chi connectivity index (χ0n) is 23.0. The highest BCUT2D eigenvalue weighted by atomic mass is 32.1. The van der Waals surface area contributed by atoms with Crippen LogP contribution in [0.2, 0.25) is 0 Å². The maximum atomic E-state index is 13.6. The highest BCUT2D eigenvalue weighted by Gasteiger charge is 2.34. The number of piperidine rings is 2. The topological polar surface area (TPSA) is 56.3 Å². The first kappa shape index (κ1) is 27.1. The van der Waals surface area contributed by atoms with Crippen LogP contribution in [-0.2, 0) is 5.41 Å². The molecule has 0 spiro atoms. The van der Waals surface area contributed by atoms with E-state index < -0.39 is 0 Å². The lowest BCUT2D eigenvalue weighted by Gasteiger charge is -2.38. The van der Waals surface area contributed by atoms with E-state index in [0.717, 1.165) is 56.6 Å². The quantitative estimate of drug-likeness (QED) is 0.420. The fourth-order valence-electron chi connectivity index (χ4n) is 6.43. The summed E-state index contributed by atoms with van der Waals surface area (Å²) < 4.78 is 13.6. The molecule has 2 saturated heterocycles. The number of thiocarbonyl (C=S) groups is 1. The molecule has 8 heteroatoms. The Morgan fingerprint density at radius 2 is 1.61 bits per heavy atom. The Morgan fingerprint density at radius 1 is 0.921 bits per heavy atom. The normalized spacial score (nSPS) is 22.2. The molecule has 38 heavy (non-hydrogen) atoms. The first-order valence-electron chi connectivity index (χ1n) is 14.6. The molecule has 0 amide bonds. The van der Waals surface area contributed by atoms with E-state index in [1.165, 1.54) is 50.5 Å². The van der Waals surface area contributed by atoms with E-state index in [1.807, 2.05) is 12.1 Å². The standard InChI is InChI=1S/C30H43FN6S/c1-22-12-17-36(18-13-22)26-19-27(37-16-6-7-23(2)20-37)34-28(33-26)35-29(38)32-21-30(14-4-3-5-15-30)24-8-10-25(31)11-9-24/h8-11,19,22-23H,3-7,12-18,20-21H2,1-2H3,(H2,32,33,34,35,38)/t23-/m1/s1. The summed E-state index contributed by atoms with van der Waals surface area (Å²) in [7, 11) is 0. The highest BCUT2D eigenvalue weighted by Crippen LogP contribution is 2.39. The van der Waals surface area contributed by atoms with Gasteiger partial charge in [-0.15, -0.1) is 0 Å². The minimum atomic E-state index is -0.191. The van der Waals surface area contributed by atoms with Crippen LogP contribution < -0.4 is 20.4 Å². The van der Waals surface area contributed by atoms with E-state index in [0.29, 0.717) is 23.5 Å². The van der Waals surface area contributed by atoms with Gasteiger partial charge in [-0.05, 0) is 80.3 Å². The molecular formula is C30H43FN6S. The average Bonchev–Trinajstić information content (AvgIpc) is 2.93. The zero-order valence-corrected chi connectivity index (χ0v) is 23.8. The summed E-state index contributed by atoms with van der Waals surface area (Å²) in [5.41, 5.74) is 1.15. The molecule has 1 saturated carbocycles. The molecule has 0 bridgehead atoms. The van der Waals surface area contributed by atoms with Gasteiger partial charge in [0, 0.05) is 44.2 Å². The number of hydrogen-bond acceptors (Lipinski definition) is 5. The number of nitrogens with one attached hydrogen (secondary N) is 2. The van der Waals surface area contributed by atoms with Gasteiger partial charge in [0.15, 0.2) is 5.11 Å². The Hall–Kier alpha value is -2.48. The monoisotopic (exact) mass is 538 g/mol. The van der Waals surface area contributed by atoms with Crippen molar-refractivity contribution in [2.45, 2.75) is 77.0 Å². The van der Waals surface area contributed by atoms with Crippen molar-refractivity contribution in [3.8, 4) is 0 Å². The van der Waals surface area contributed by atoms with Gasteiger partial charge in [-0.3, -0.25) is 0 Å². The third-order valence-electron chi connectivity index (χ3n) is 8.87. The van der Waals surface area contributed by atoms with Gasteiger partial charge in [0.1, 0.15) is 17.5 Å². The molecule has 5 rings (SSSR count). The zero-order chi connectivity index (χ0) is 26.5. The lowest BCUT2D eigenvalue weighted by atomic mass is 9.69. The van der Waals surface area contributed by atoms with Gasteiger partial charge in [-0.2, -0.15) is 9.97 Å². The van der Waals surface area contributed by atoms with Crippen LogP contribution in [-0.4, -0.2) is 47.8 Å². The lowest BCUT2D eigenvalue weighted by Crippen LogP contribution is -2.43. The van der Waals surface area contributed by atoms with Crippen LogP contribution in [0.3, 0.4) is 0 Å². The van der Waals surface area contributed by atoms with Crippen LogP contribution in [0.4, 0.5) is 22.0 Å². The predicted octanol–water partition coefficient (Wildman–Crippen LogP) is 6.28. The van der Waals surface area contributed by atoms with Crippen molar-refractivity contribution in [3.63, 3.8) is 0 Å². The first-order valence-corrected chi connectivity index (χ1v) is 15.0. The van der Waals surface area contributed by atoms with Crippen LogP contribution in [0.5, 0.6) is 0 Å². The fraction of sp³-hybridized carbons (Fsp3) is 0.633. The van der Waals surface area contributed by atoms with E-state index in [-0.39, 0.29) is 11.2 Å². The Kier molecular flexibility index (Phi) is 8.66. The first-order chi connectivity index (χ1) is 18.4. The van der Waals surface area contributed by atoms with Gasteiger partial charge >= 0.3 is 0 Å². The Labute approximate surface area is 232 Å². The Balaban J connectivity index is 1.32. The van der Waals surface area contributed by atoms with Crippen molar-refractivity contribution in [1.29, 1.82) is 0 Å². The summed E-state index contributed by atoms with van der Waals surface area (Å²) in [6.45, 7) is 9.47. The van der Waals surface area contributed by atoms with Crippen LogP contribution in [0.1, 0.15) is 77.2 Å². The van der Waals surface area contributed by atoms with Gasteiger partial charge in [0.25, 0.3) is 0 Å². The molecule has 6 nitrogen and oxygen atoms in total. The number of nitrogens with zero attached hydrogens (tertiary/aromatic N) is 4. The summed E-state index contributed by atoms with van der Waals surface area (Å²) in [6.07, 6.45) is 10.6. The van der Waals surface area contributed by atoms with E-state index in [4.69, 9.17) is 22.2 Å². The second kappa shape index (κ2) is 12.1. The van der Waals surface area contributed by atoms with Crippen molar-refractivity contribution < 1.29 is 4.39 Å². The lowest BCUT2D eigenvalue weighted by molar-refractivity contribution is 0.292. The second-order valence-corrected chi connectivity index (χ2v) is 12.3. The van der Waals surface area contributed by atoms with Crippen LogP contribution in [0, 0.1) is 17.7 Å². The third kappa shape index (κ3) is 6.56. The number of aromatic nitrogens is 2. The van der Waals surface area contributed by atoms with Crippen LogP contribution in [0.15, 0.2) is 30.3 Å². The Morgan fingerprint density at radius 3 is 2.29 bits per heavy atom. The molecule has 2 aromatic rings. The largest absolute Gasteiger partial charge is 0.361 e. The SMILES string of the molecule is CC1CCN(c2cc(N3CCC[C@@H](C)C3)nc(NC(=S)NCC3(c4ccc(F)cc4)CCCCC3)n2)CC1. The predicted molar refractivity (Wildman–Crippen MR) is 159 cm³/mol. The van der Waals surface area contributed by atoms with Gasteiger partial charge < -0.3 is 20.4 Å². The second-order valence-electron chi connectivity index (χ2n) is 11.9. The average molecular weight is 539 g/mol. The molecular weight excluding hydrogens is 495 g/mol. The van der Waals surface area contributed by atoms with Gasteiger partial charge in [0.05, 0.1) is 0 Å². The Bertz CT molecular complexity index is 1080. The minimum Gasteiger partial charge on any atom is -0.361 e. The molecule has 1 aliphatic carbocycles. The summed E-state index contributed by atoms with van der Waals surface area (Å²) >= 11 is 5.77. The van der Waals surface area contributed by atoms with Crippen LogP contribution in [0.25, 0.3) is 0 Å². The molecule has 1 aromatic carbocycles. The van der Waals surface area contributed by atoms with E-state index in [9.17, 15) is 4.39 Å². The molecule has 2 N–H and O–H groups in total. The smallest absolute Gasteiger partial charge is 0.232 e. The molecule has 3 fully saturated rings. The molecule has 1 atom stereocenters. The number of hydrogen-bond donors (Lipinski definition) is 2. The maximum Gasteiger partial charge on any atom is 0.232 e. The van der Waals surface area contributed by atoms with E-state index in [1.54, 1.807) is 12.1 Å². The number of benzene rings is 1. The molecule has 0 unspecified atom stereocenters. The van der Waals surface area contributed by atoms with E-state index >= 15 is 0 Å². The van der Waals surface area contributed by atoms with Crippen molar-refractivity contribution in [2.24, 2.45) is 11.8 Å². The number of rotatable bonds is 6. The molecule has 3 aliphatic rings. The third-order valence-corrected chi connectivity index (χ3v) is 9.11. The summed E-state index contributed by atoms with van der Waals surface area (Å²) in [6, 6.07) is 9.20. The van der Waals surface area contributed by atoms with Crippen molar-refractivity contribution in [2.75, 3.05) is 47.8 Å². The number of halogens is 1. The number of anilines is 3. The molecule has 206 valence electrons. The summed E-state index contributed by atoms with van der Waals surface area (Å²) in [5, 5.41) is 7.35. The van der Waals surface area contributed by atoms with E-state index in [2.05, 4.69) is 40.3 Å². The minimum absolute atomic E-state index is 0.0417. The van der Waals surface area contributed by atoms with Crippen molar-refractivity contribution in [1.82, 2.24) is 15.3 Å². The molecule has 0 radical (unpaired) electrons. The highest BCUT2D eigenvalue weighted by molar-refractivity contribution is 7.80. The van der Waals surface area contributed by atoms with Gasteiger partial charge in [-0.25, -0.2) is 4.39 Å². The fourth-order valence-corrected chi connectivity index (χ4v) is 6.60. The molecule has 1 aromatic heterocycles. The van der Waals surface area contributed by atoms with Crippen molar-refractivity contribution >= 4 is 34.9 Å². The maximum absolute atomic E-state index is 13.6. The van der Waals surface area contributed by atoms with Gasteiger partial charge in [0.2, 0.25) is 5.95 Å². The molecule has 2 aliphatic heterocycles. The summed E-state index contributed by atoms with van der Waals surface area (Å²) in [5.74, 6) is 3.77. The van der Waals surface area contributed by atoms with Crippen molar-refractivity contribution in [3.05, 3.63) is 41.7 Å². The van der Waals surface area contributed by atoms with Crippen LogP contribution >= 0.6 is 12.2 Å². The van der Waals surface area contributed by atoms with Gasteiger partial charge in [-0.1, -0.05) is 45.2 Å².